The van der Waals surface area contributed by atoms with Crippen LogP contribution in [0.3, 0.4) is 0 Å². The van der Waals surface area contributed by atoms with Gasteiger partial charge in [0.2, 0.25) is 0 Å². The number of aliphatic hydroxyl groups is 1. The lowest BCUT2D eigenvalue weighted by atomic mass is 10.1. The lowest BCUT2D eigenvalue weighted by molar-refractivity contribution is 0.0797. The quantitative estimate of drug-likeness (QED) is 0.857. The summed E-state index contributed by atoms with van der Waals surface area (Å²) >= 11 is 0. The van der Waals surface area contributed by atoms with Gasteiger partial charge in [0, 0.05) is 12.6 Å². The zero-order valence-electron chi connectivity index (χ0n) is 11.3. The zero-order valence-corrected chi connectivity index (χ0v) is 11.3. The van der Waals surface area contributed by atoms with Crippen molar-refractivity contribution in [3.8, 4) is 0 Å². The first-order chi connectivity index (χ1) is 9.24. The maximum Gasteiger partial charge on any atom is 0.410 e. The minimum absolute atomic E-state index is 0.0663. The molecule has 4 nitrogen and oxygen atoms in total. The molecule has 0 saturated heterocycles. The van der Waals surface area contributed by atoms with Crippen molar-refractivity contribution in [3.63, 3.8) is 0 Å². The number of rotatable bonds is 6. The Hall–Kier alpha value is -1.55. The summed E-state index contributed by atoms with van der Waals surface area (Å²) in [5.41, 5.74) is 2.41. The second-order valence-electron chi connectivity index (χ2n) is 4.87. The van der Waals surface area contributed by atoms with Crippen molar-refractivity contribution < 1.29 is 14.6 Å². The molecule has 1 fully saturated rings. The van der Waals surface area contributed by atoms with Gasteiger partial charge in [-0.15, -0.1) is 0 Å². The topological polar surface area (TPSA) is 49.8 Å². The summed E-state index contributed by atoms with van der Waals surface area (Å²) in [7, 11) is 0. The molecule has 0 aliphatic heterocycles. The fourth-order valence-corrected chi connectivity index (χ4v) is 2.02. The van der Waals surface area contributed by atoms with E-state index in [1.165, 1.54) is 5.56 Å². The highest BCUT2D eigenvalue weighted by Gasteiger charge is 2.33. The number of hydrogen-bond acceptors (Lipinski definition) is 3. The summed E-state index contributed by atoms with van der Waals surface area (Å²) in [4.78, 5) is 13.7. The minimum Gasteiger partial charge on any atom is -0.447 e. The SMILES string of the molecule is CCc1ccc(CN(C(=O)OCCO)C2CC2)cc1. The summed E-state index contributed by atoms with van der Waals surface area (Å²) < 4.78 is 5.01. The molecular formula is C15H21NO3. The van der Waals surface area contributed by atoms with Crippen LogP contribution in [0.15, 0.2) is 24.3 Å². The van der Waals surface area contributed by atoms with Crippen molar-refractivity contribution in [1.29, 1.82) is 0 Å². The molecule has 1 saturated carbocycles. The highest BCUT2D eigenvalue weighted by atomic mass is 16.6. The van der Waals surface area contributed by atoms with Gasteiger partial charge >= 0.3 is 6.09 Å². The molecule has 1 aliphatic carbocycles. The molecule has 0 unspecified atom stereocenters. The van der Waals surface area contributed by atoms with Crippen LogP contribution in [-0.2, 0) is 17.7 Å². The van der Waals surface area contributed by atoms with E-state index in [1.54, 1.807) is 4.90 Å². The molecule has 4 heteroatoms. The summed E-state index contributed by atoms with van der Waals surface area (Å²) in [5, 5.41) is 8.70. The van der Waals surface area contributed by atoms with Crippen LogP contribution in [0.25, 0.3) is 0 Å². The van der Waals surface area contributed by atoms with E-state index in [4.69, 9.17) is 9.84 Å². The molecule has 1 aliphatic rings. The van der Waals surface area contributed by atoms with Crippen molar-refractivity contribution in [2.45, 2.75) is 38.8 Å². The largest absolute Gasteiger partial charge is 0.447 e. The van der Waals surface area contributed by atoms with Gasteiger partial charge < -0.3 is 14.7 Å². The fraction of sp³-hybridized carbons (Fsp3) is 0.533. The lowest BCUT2D eigenvalue weighted by Crippen LogP contribution is -2.33. The molecule has 0 heterocycles. The Morgan fingerprint density at radius 2 is 1.95 bits per heavy atom. The number of aryl methyl sites for hydroxylation is 1. The first kappa shape index (κ1) is 13.9. The molecule has 1 amide bonds. The predicted octanol–water partition coefficient (Wildman–Crippen LogP) is 2.34. The van der Waals surface area contributed by atoms with E-state index >= 15 is 0 Å². The molecule has 19 heavy (non-hydrogen) atoms. The van der Waals surface area contributed by atoms with Crippen LogP contribution >= 0.6 is 0 Å². The molecule has 1 N–H and O–H groups in total. The van der Waals surface area contributed by atoms with Gasteiger partial charge in [-0.2, -0.15) is 0 Å². The van der Waals surface area contributed by atoms with E-state index < -0.39 is 0 Å². The highest BCUT2D eigenvalue weighted by Crippen LogP contribution is 2.29. The predicted molar refractivity (Wildman–Crippen MR) is 72.8 cm³/mol. The summed E-state index contributed by atoms with van der Waals surface area (Å²) in [6.45, 7) is 2.64. The van der Waals surface area contributed by atoms with Crippen LogP contribution in [0.1, 0.15) is 30.9 Å². The fourth-order valence-electron chi connectivity index (χ4n) is 2.02. The maximum atomic E-state index is 11.9. The Morgan fingerprint density at radius 3 is 2.47 bits per heavy atom. The van der Waals surface area contributed by atoms with Crippen molar-refractivity contribution in [2.75, 3.05) is 13.2 Å². The third-order valence-corrected chi connectivity index (χ3v) is 3.32. The Bertz CT molecular complexity index is 412. The number of hydrogen-bond donors (Lipinski definition) is 1. The number of ether oxygens (including phenoxy) is 1. The Balaban J connectivity index is 1.97. The number of benzene rings is 1. The van der Waals surface area contributed by atoms with Crippen molar-refractivity contribution in [1.82, 2.24) is 4.90 Å². The summed E-state index contributed by atoms with van der Waals surface area (Å²) in [6.07, 6.45) is 2.78. The molecule has 0 bridgehead atoms. The van der Waals surface area contributed by atoms with Crippen LogP contribution < -0.4 is 0 Å². The van der Waals surface area contributed by atoms with E-state index in [1.807, 2.05) is 0 Å². The van der Waals surface area contributed by atoms with Gasteiger partial charge in [-0.1, -0.05) is 31.2 Å². The van der Waals surface area contributed by atoms with Gasteiger partial charge in [-0.3, -0.25) is 0 Å². The van der Waals surface area contributed by atoms with Gasteiger partial charge in [0.15, 0.2) is 0 Å². The Kier molecular flexibility index (Phi) is 4.80. The van der Waals surface area contributed by atoms with E-state index in [2.05, 4.69) is 31.2 Å². The number of aliphatic hydroxyl groups excluding tert-OH is 1. The van der Waals surface area contributed by atoms with E-state index in [-0.39, 0.29) is 19.3 Å². The van der Waals surface area contributed by atoms with Crippen LogP contribution in [-0.4, -0.2) is 35.4 Å². The van der Waals surface area contributed by atoms with E-state index in [9.17, 15) is 4.79 Å². The number of amides is 1. The van der Waals surface area contributed by atoms with E-state index in [0.717, 1.165) is 24.8 Å². The third-order valence-electron chi connectivity index (χ3n) is 3.32. The lowest BCUT2D eigenvalue weighted by Gasteiger charge is -2.21. The Labute approximate surface area is 114 Å². The molecular weight excluding hydrogens is 242 g/mol. The number of carbonyl (C=O) groups is 1. The van der Waals surface area contributed by atoms with Crippen molar-refractivity contribution >= 4 is 6.09 Å². The van der Waals surface area contributed by atoms with Crippen molar-refractivity contribution in [3.05, 3.63) is 35.4 Å². The average Bonchev–Trinajstić information content (AvgIpc) is 3.27. The normalized spacial score (nSPS) is 14.2. The molecule has 1 aromatic carbocycles. The van der Waals surface area contributed by atoms with Gasteiger partial charge in [0.05, 0.1) is 6.61 Å². The second kappa shape index (κ2) is 6.57. The summed E-state index contributed by atoms with van der Waals surface area (Å²) in [5.74, 6) is 0. The van der Waals surface area contributed by atoms with Crippen LogP contribution in [0.4, 0.5) is 4.79 Å². The number of nitrogens with zero attached hydrogens (tertiary/aromatic N) is 1. The third kappa shape index (κ3) is 3.96. The van der Waals surface area contributed by atoms with Gasteiger partial charge in [0.25, 0.3) is 0 Å². The maximum absolute atomic E-state index is 11.9. The van der Waals surface area contributed by atoms with Gasteiger partial charge in [0.1, 0.15) is 6.61 Å². The molecule has 0 atom stereocenters. The summed E-state index contributed by atoms with van der Waals surface area (Å²) in [6, 6.07) is 8.62. The van der Waals surface area contributed by atoms with Crippen molar-refractivity contribution in [2.24, 2.45) is 0 Å². The Morgan fingerprint density at radius 1 is 1.32 bits per heavy atom. The first-order valence-electron chi connectivity index (χ1n) is 6.86. The molecule has 0 aromatic heterocycles. The molecule has 0 radical (unpaired) electrons. The molecule has 1 aromatic rings. The molecule has 104 valence electrons. The van der Waals surface area contributed by atoms with Gasteiger partial charge in [-0.05, 0) is 30.4 Å². The second-order valence-corrected chi connectivity index (χ2v) is 4.87. The first-order valence-corrected chi connectivity index (χ1v) is 6.86. The van der Waals surface area contributed by atoms with E-state index in [0.29, 0.717) is 12.6 Å². The highest BCUT2D eigenvalue weighted by molar-refractivity contribution is 5.68. The van der Waals surface area contributed by atoms with Crippen LogP contribution in [0.5, 0.6) is 0 Å². The molecule has 0 spiro atoms. The minimum atomic E-state index is -0.323. The number of carbonyl (C=O) groups excluding carboxylic acids is 1. The molecule has 2 rings (SSSR count). The smallest absolute Gasteiger partial charge is 0.410 e. The van der Waals surface area contributed by atoms with Gasteiger partial charge in [-0.25, -0.2) is 4.79 Å². The monoisotopic (exact) mass is 263 g/mol. The van der Waals surface area contributed by atoms with Crippen LogP contribution in [0, 0.1) is 0 Å². The standard InChI is InChI=1S/C15H21NO3/c1-2-12-3-5-13(6-4-12)11-16(14-7-8-14)15(18)19-10-9-17/h3-6,14,17H,2,7-11H2,1H3. The zero-order chi connectivity index (χ0) is 13.7. The average molecular weight is 263 g/mol. The van der Waals surface area contributed by atoms with Crippen LogP contribution in [0.2, 0.25) is 0 Å².